The van der Waals surface area contributed by atoms with Gasteiger partial charge in [0.2, 0.25) is 0 Å². The van der Waals surface area contributed by atoms with Crippen molar-refractivity contribution in [3.05, 3.63) is 36.2 Å². The third kappa shape index (κ3) is 1.77. The zero-order valence-corrected chi connectivity index (χ0v) is 7.98. The Morgan fingerprint density at radius 2 is 1.75 bits per heavy atom. The number of phenolic OH excluding ortho intramolecular Hbond substituents is 1. The molecule has 0 atom stereocenters. The Hall–Kier alpha value is -2.24. The second-order valence-corrected chi connectivity index (χ2v) is 3.12. The van der Waals surface area contributed by atoms with E-state index in [1.165, 1.54) is 12.4 Å². The molecular weight excluding hydrogens is 216 g/mol. The summed E-state index contributed by atoms with van der Waals surface area (Å²) in [7, 11) is 0. The summed E-state index contributed by atoms with van der Waals surface area (Å²) in [5.74, 6) is -2.98. The number of hydrogen-bond acceptors (Lipinski definition) is 4. The van der Waals surface area contributed by atoms with E-state index >= 15 is 0 Å². The molecule has 0 aliphatic rings. The summed E-state index contributed by atoms with van der Waals surface area (Å²) < 4.78 is 26.1. The first-order valence-electron chi connectivity index (χ1n) is 4.34. The molecule has 4 nitrogen and oxygen atoms in total. The predicted octanol–water partition coefficient (Wildman–Crippen LogP) is 1.71. The number of benzene rings is 1. The molecule has 0 aliphatic heterocycles. The highest BCUT2D eigenvalue weighted by molar-refractivity contribution is 5.61. The van der Waals surface area contributed by atoms with E-state index in [0.717, 1.165) is 12.1 Å². The molecular formula is C10H7F2N3O. The van der Waals surface area contributed by atoms with E-state index in [2.05, 4.69) is 9.97 Å². The number of nitrogens with two attached hydrogens (primary N) is 1. The molecule has 1 aromatic heterocycles. The van der Waals surface area contributed by atoms with Crippen LogP contribution in [0.15, 0.2) is 24.5 Å². The lowest BCUT2D eigenvalue weighted by atomic mass is 10.1. The number of nitrogen functional groups attached to an aromatic ring is 1. The van der Waals surface area contributed by atoms with Crippen LogP contribution in [0.25, 0.3) is 11.3 Å². The topological polar surface area (TPSA) is 72.0 Å². The molecule has 3 N–H and O–H groups in total. The summed E-state index contributed by atoms with van der Waals surface area (Å²) >= 11 is 0. The minimum atomic E-state index is -1.06. The van der Waals surface area contributed by atoms with Gasteiger partial charge < -0.3 is 10.8 Å². The van der Waals surface area contributed by atoms with Crippen LogP contribution in [0.3, 0.4) is 0 Å². The van der Waals surface area contributed by atoms with Crippen LogP contribution in [0, 0.1) is 11.6 Å². The van der Waals surface area contributed by atoms with Gasteiger partial charge in [0.15, 0.2) is 17.4 Å². The number of aromatic nitrogens is 2. The molecule has 0 fully saturated rings. The second-order valence-electron chi connectivity index (χ2n) is 3.12. The summed E-state index contributed by atoms with van der Waals surface area (Å²) in [6.07, 6.45) is 2.64. The quantitative estimate of drug-likeness (QED) is 0.771. The van der Waals surface area contributed by atoms with Gasteiger partial charge in [0, 0.05) is 5.56 Å². The Kier molecular flexibility index (Phi) is 2.40. The monoisotopic (exact) mass is 223 g/mol. The maximum absolute atomic E-state index is 13.1. The van der Waals surface area contributed by atoms with Crippen LogP contribution in [0.5, 0.6) is 5.75 Å². The summed E-state index contributed by atoms with van der Waals surface area (Å²) in [6.45, 7) is 0. The van der Waals surface area contributed by atoms with Gasteiger partial charge in [0.1, 0.15) is 5.82 Å². The fourth-order valence-corrected chi connectivity index (χ4v) is 1.23. The summed E-state index contributed by atoms with van der Waals surface area (Å²) in [5, 5.41) is 8.92. The second kappa shape index (κ2) is 3.73. The van der Waals surface area contributed by atoms with Gasteiger partial charge in [0.05, 0.1) is 18.1 Å². The highest BCUT2D eigenvalue weighted by Crippen LogP contribution is 2.26. The maximum atomic E-state index is 13.1. The largest absolute Gasteiger partial charge is 0.503 e. The minimum absolute atomic E-state index is 0.145. The molecule has 0 radical (unpaired) electrons. The molecule has 0 bridgehead atoms. The van der Waals surface area contributed by atoms with Crippen LogP contribution in [0.1, 0.15) is 0 Å². The molecule has 2 rings (SSSR count). The van der Waals surface area contributed by atoms with Crippen LogP contribution in [-0.2, 0) is 0 Å². The van der Waals surface area contributed by atoms with E-state index in [0.29, 0.717) is 0 Å². The van der Waals surface area contributed by atoms with Crippen molar-refractivity contribution < 1.29 is 13.9 Å². The first-order chi connectivity index (χ1) is 7.58. The number of aromatic hydroxyl groups is 1. The number of nitrogens with zero attached hydrogens (tertiary/aromatic N) is 2. The smallest absolute Gasteiger partial charge is 0.187 e. The van der Waals surface area contributed by atoms with Crippen molar-refractivity contribution in [2.45, 2.75) is 0 Å². The molecule has 0 saturated carbocycles. The zero-order chi connectivity index (χ0) is 11.7. The lowest BCUT2D eigenvalue weighted by Gasteiger charge is -2.03. The van der Waals surface area contributed by atoms with Gasteiger partial charge in [-0.05, 0) is 12.1 Å². The lowest BCUT2D eigenvalue weighted by Crippen LogP contribution is -1.94. The summed E-state index contributed by atoms with van der Waals surface area (Å²) in [4.78, 5) is 7.60. The van der Waals surface area contributed by atoms with Crippen molar-refractivity contribution in [2.24, 2.45) is 0 Å². The Labute approximate surface area is 89.4 Å². The fourth-order valence-electron chi connectivity index (χ4n) is 1.23. The van der Waals surface area contributed by atoms with Crippen molar-refractivity contribution in [3.8, 4) is 17.0 Å². The molecule has 0 unspecified atom stereocenters. The Morgan fingerprint density at radius 3 is 2.31 bits per heavy atom. The van der Waals surface area contributed by atoms with Crippen molar-refractivity contribution in [1.29, 1.82) is 0 Å². The normalized spacial score (nSPS) is 10.4. The van der Waals surface area contributed by atoms with Gasteiger partial charge >= 0.3 is 0 Å². The standard InChI is InChI=1S/C10H7F2N3O/c11-6-1-5(2-7(12)10(6)16)8-3-14-4-9(13)15-8/h1-4,16H,(H2,13,15). The number of phenols is 1. The van der Waals surface area contributed by atoms with Gasteiger partial charge in [-0.25, -0.2) is 13.8 Å². The Morgan fingerprint density at radius 1 is 1.12 bits per heavy atom. The van der Waals surface area contributed by atoms with Crippen LogP contribution in [0.4, 0.5) is 14.6 Å². The molecule has 0 saturated heterocycles. The van der Waals surface area contributed by atoms with Crippen LogP contribution in [0.2, 0.25) is 0 Å². The maximum Gasteiger partial charge on any atom is 0.187 e. The molecule has 82 valence electrons. The Balaban J connectivity index is 2.57. The molecule has 0 spiro atoms. The molecule has 2 aromatic rings. The molecule has 0 amide bonds. The molecule has 6 heteroatoms. The van der Waals surface area contributed by atoms with Gasteiger partial charge in [0.25, 0.3) is 0 Å². The zero-order valence-electron chi connectivity index (χ0n) is 7.98. The predicted molar refractivity (Wildman–Crippen MR) is 53.5 cm³/mol. The van der Waals surface area contributed by atoms with Crippen molar-refractivity contribution in [2.75, 3.05) is 5.73 Å². The number of hydrogen-bond donors (Lipinski definition) is 2. The summed E-state index contributed by atoms with van der Waals surface area (Å²) in [6, 6.07) is 1.92. The van der Waals surface area contributed by atoms with Crippen molar-refractivity contribution in [1.82, 2.24) is 9.97 Å². The number of halogens is 2. The first kappa shape index (κ1) is 10.3. The average Bonchev–Trinajstić information content (AvgIpc) is 2.25. The van der Waals surface area contributed by atoms with Crippen LogP contribution in [-0.4, -0.2) is 15.1 Å². The van der Waals surface area contributed by atoms with E-state index in [9.17, 15) is 8.78 Å². The van der Waals surface area contributed by atoms with E-state index in [-0.39, 0.29) is 17.1 Å². The molecule has 16 heavy (non-hydrogen) atoms. The summed E-state index contributed by atoms with van der Waals surface area (Å²) in [5.41, 5.74) is 5.79. The molecule has 0 aliphatic carbocycles. The third-order valence-electron chi connectivity index (χ3n) is 1.97. The van der Waals surface area contributed by atoms with E-state index in [1.807, 2.05) is 0 Å². The van der Waals surface area contributed by atoms with Crippen LogP contribution < -0.4 is 5.73 Å². The van der Waals surface area contributed by atoms with E-state index in [4.69, 9.17) is 10.8 Å². The number of anilines is 1. The van der Waals surface area contributed by atoms with E-state index < -0.39 is 17.4 Å². The third-order valence-corrected chi connectivity index (χ3v) is 1.97. The van der Waals surface area contributed by atoms with Crippen molar-refractivity contribution >= 4 is 5.82 Å². The van der Waals surface area contributed by atoms with Crippen LogP contribution >= 0.6 is 0 Å². The SMILES string of the molecule is Nc1cncc(-c2cc(F)c(O)c(F)c2)n1. The van der Waals surface area contributed by atoms with Gasteiger partial charge in [-0.2, -0.15) is 0 Å². The van der Waals surface area contributed by atoms with E-state index in [1.54, 1.807) is 0 Å². The Bertz CT molecular complexity index is 522. The molecule has 1 heterocycles. The van der Waals surface area contributed by atoms with Gasteiger partial charge in [-0.15, -0.1) is 0 Å². The average molecular weight is 223 g/mol. The highest BCUT2D eigenvalue weighted by Gasteiger charge is 2.11. The number of rotatable bonds is 1. The van der Waals surface area contributed by atoms with Crippen molar-refractivity contribution in [3.63, 3.8) is 0 Å². The highest BCUT2D eigenvalue weighted by atomic mass is 19.1. The fraction of sp³-hybridized carbons (Fsp3) is 0. The molecule has 1 aromatic carbocycles. The minimum Gasteiger partial charge on any atom is -0.503 e. The first-order valence-corrected chi connectivity index (χ1v) is 4.34. The lowest BCUT2D eigenvalue weighted by molar-refractivity contribution is 0.396. The van der Waals surface area contributed by atoms with Gasteiger partial charge in [-0.3, -0.25) is 4.98 Å². The van der Waals surface area contributed by atoms with Gasteiger partial charge in [-0.1, -0.05) is 0 Å².